The number of rotatable bonds is 5. The Morgan fingerprint density at radius 3 is 2.44 bits per heavy atom. The van der Waals surface area contributed by atoms with Gasteiger partial charge in [0.05, 0.1) is 16.3 Å². The van der Waals surface area contributed by atoms with Crippen LogP contribution in [0.4, 0.5) is 28.8 Å². The molecule has 0 aliphatic heterocycles. The zero-order chi connectivity index (χ0) is 18.6. The standard InChI is InChI=1S/C19H13N5O3/c25-24(26)17-12-14(23-22-13-6-2-1-3-7-13)10-11-15(17)20-19-21-16-8-4-5-9-18(16)27-19/h1-12H,(H,20,21). The van der Waals surface area contributed by atoms with Gasteiger partial charge in [0, 0.05) is 6.07 Å². The molecule has 0 aliphatic carbocycles. The van der Waals surface area contributed by atoms with Crippen LogP contribution in [0.3, 0.4) is 0 Å². The van der Waals surface area contributed by atoms with Gasteiger partial charge in [0.2, 0.25) is 0 Å². The Morgan fingerprint density at radius 2 is 1.67 bits per heavy atom. The van der Waals surface area contributed by atoms with Gasteiger partial charge in [0.1, 0.15) is 11.2 Å². The van der Waals surface area contributed by atoms with Crippen molar-refractivity contribution in [3.05, 3.63) is 82.9 Å². The first-order valence-corrected chi connectivity index (χ1v) is 8.07. The first-order valence-electron chi connectivity index (χ1n) is 8.07. The lowest BCUT2D eigenvalue weighted by Crippen LogP contribution is -1.96. The summed E-state index contributed by atoms with van der Waals surface area (Å²) in [5.41, 5.74) is 2.39. The topological polar surface area (TPSA) is 106 Å². The molecule has 0 atom stereocenters. The molecule has 0 radical (unpaired) electrons. The molecule has 0 fully saturated rings. The minimum absolute atomic E-state index is 0.151. The zero-order valence-electron chi connectivity index (χ0n) is 13.9. The Hall–Kier alpha value is -4.07. The van der Waals surface area contributed by atoms with Crippen molar-refractivity contribution in [1.29, 1.82) is 0 Å². The molecule has 0 unspecified atom stereocenters. The second-order valence-corrected chi connectivity index (χ2v) is 5.61. The molecular weight excluding hydrogens is 346 g/mol. The van der Waals surface area contributed by atoms with Crippen molar-refractivity contribution >= 4 is 39.9 Å². The number of anilines is 2. The third-order valence-electron chi connectivity index (χ3n) is 3.75. The summed E-state index contributed by atoms with van der Waals surface area (Å²) >= 11 is 0. The van der Waals surface area contributed by atoms with Crippen LogP contribution in [0.25, 0.3) is 11.1 Å². The minimum Gasteiger partial charge on any atom is -0.423 e. The van der Waals surface area contributed by atoms with E-state index in [9.17, 15) is 10.1 Å². The van der Waals surface area contributed by atoms with Crippen molar-refractivity contribution in [2.45, 2.75) is 0 Å². The first-order chi connectivity index (χ1) is 13.2. The van der Waals surface area contributed by atoms with Crippen molar-refractivity contribution < 1.29 is 9.34 Å². The quantitative estimate of drug-likeness (QED) is 0.271. The van der Waals surface area contributed by atoms with Gasteiger partial charge in [-0.3, -0.25) is 10.1 Å². The third-order valence-corrected chi connectivity index (χ3v) is 3.75. The third kappa shape index (κ3) is 3.64. The molecule has 8 nitrogen and oxygen atoms in total. The van der Waals surface area contributed by atoms with Crippen LogP contribution in [0.1, 0.15) is 0 Å². The van der Waals surface area contributed by atoms with Gasteiger partial charge in [-0.1, -0.05) is 30.3 Å². The normalized spacial score (nSPS) is 11.1. The van der Waals surface area contributed by atoms with Crippen LogP contribution in [0.15, 0.2) is 87.4 Å². The molecule has 0 bridgehead atoms. The molecular formula is C19H13N5O3. The maximum absolute atomic E-state index is 11.5. The minimum atomic E-state index is -0.494. The summed E-state index contributed by atoms with van der Waals surface area (Å²) in [4.78, 5) is 15.2. The van der Waals surface area contributed by atoms with E-state index in [1.807, 2.05) is 30.3 Å². The van der Waals surface area contributed by atoms with E-state index in [-0.39, 0.29) is 17.4 Å². The number of hydrogen-bond acceptors (Lipinski definition) is 7. The van der Waals surface area contributed by atoms with Crippen LogP contribution < -0.4 is 5.32 Å². The number of oxazole rings is 1. The van der Waals surface area contributed by atoms with Crippen LogP contribution in [-0.4, -0.2) is 9.91 Å². The van der Waals surface area contributed by atoms with Gasteiger partial charge in [0.15, 0.2) is 5.58 Å². The largest absolute Gasteiger partial charge is 0.423 e. The molecule has 8 heteroatoms. The van der Waals surface area contributed by atoms with Gasteiger partial charge in [0.25, 0.3) is 11.7 Å². The summed E-state index contributed by atoms with van der Waals surface area (Å²) in [5.74, 6) is 0. The highest BCUT2D eigenvalue weighted by molar-refractivity contribution is 5.76. The number of fused-ring (bicyclic) bond motifs is 1. The lowest BCUT2D eigenvalue weighted by molar-refractivity contribution is -0.383. The molecule has 1 N–H and O–H groups in total. The van der Waals surface area contributed by atoms with Gasteiger partial charge in [-0.15, -0.1) is 0 Å². The SMILES string of the molecule is O=[N+]([O-])c1cc(N=Nc2ccccc2)ccc1Nc1nc2ccccc2o1. The molecule has 132 valence electrons. The number of nitro groups is 1. The maximum Gasteiger partial charge on any atom is 0.300 e. The van der Waals surface area contributed by atoms with Gasteiger partial charge in [-0.05, 0) is 36.4 Å². The number of hydrogen-bond donors (Lipinski definition) is 1. The zero-order valence-corrected chi connectivity index (χ0v) is 13.9. The molecule has 4 rings (SSSR count). The number of aromatic nitrogens is 1. The summed E-state index contributed by atoms with van der Waals surface area (Å²) in [5, 5.41) is 22.4. The fourth-order valence-corrected chi connectivity index (χ4v) is 2.49. The molecule has 0 saturated heterocycles. The monoisotopic (exact) mass is 359 g/mol. The van der Waals surface area contributed by atoms with E-state index in [4.69, 9.17) is 4.42 Å². The highest BCUT2D eigenvalue weighted by Gasteiger charge is 2.17. The Kier molecular flexibility index (Phi) is 4.28. The van der Waals surface area contributed by atoms with Crippen molar-refractivity contribution in [2.24, 2.45) is 10.2 Å². The van der Waals surface area contributed by atoms with Crippen LogP contribution in [0, 0.1) is 10.1 Å². The molecule has 1 heterocycles. The molecule has 4 aromatic rings. The summed E-state index contributed by atoms with van der Waals surface area (Å²) < 4.78 is 5.56. The van der Waals surface area contributed by atoms with E-state index >= 15 is 0 Å². The average molecular weight is 359 g/mol. The lowest BCUT2D eigenvalue weighted by atomic mass is 10.2. The lowest BCUT2D eigenvalue weighted by Gasteiger charge is -2.03. The van der Waals surface area contributed by atoms with E-state index in [0.29, 0.717) is 22.5 Å². The highest BCUT2D eigenvalue weighted by atomic mass is 16.6. The number of nitro benzene ring substituents is 1. The molecule has 0 aliphatic rings. The van der Waals surface area contributed by atoms with E-state index in [0.717, 1.165) is 0 Å². The Labute approximate surface area is 153 Å². The fraction of sp³-hybridized carbons (Fsp3) is 0. The highest BCUT2D eigenvalue weighted by Crippen LogP contribution is 2.32. The van der Waals surface area contributed by atoms with Crippen LogP contribution in [0.5, 0.6) is 0 Å². The average Bonchev–Trinajstić information content (AvgIpc) is 3.10. The van der Waals surface area contributed by atoms with Gasteiger partial charge < -0.3 is 9.73 Å². The van der Waals surface area contributed by atoms with E-state index in [1.165, 1.54) is 6.07 Å². The van der Waals surface area contributed by atoms with E-state index in [2.05, 4.69) is 20.5 Å². The number of azo groups is 1. The van der Waals surface area contributed by atoms with Crippen LogP contribution in [-0.2, 0) is 0 Å². The van der Waals surface area contributed by atoms with Gasteiger partial charge >= 0.3 is 0 Å². The van der Waals surface area contributed by atoms with Crippen LogP contribution in [0.2, 0.25) is 0 Å². The molecule has 0 saturated carbocycles. The number of nitrogens with zero attached hydrogens (tertiary/aromatic N) is 4. The summed E-state index contributed by atoms with van der Waals surface area (Å²) in [7, 11) is 0. The van der Waals surface area contributed by atoms with Crippen molar-refractivity contribution in [3.8, 4) is 0 Å². The number of para-hydroxylation sites is 2. The van der Waals surface area contributed by atoms with E-state index in [1.54, 1.807) is 36.4 Å². The fourth-order valence-electron chi connectivity index (χ4n) is 2.49. The molecule has 0 spiro atoms. The van der Waals surface area contributed by atoms with Gasteiger partial charge in [-0.2, -0.15) is 15.2 Å². The maximum atomic E-state index is 11.5. The second-order valence-electron chi connectivity index (χ2n) is 5.61. The molecule has 3 aromatic carbocycles. The number of nitrogens with one attached hydrogen (secondary N) is 1. The van der Waals surface area contributed by atoms with Crippen molar-refractivity contribution in [2.75, 3.05) is 5.32 Å². The Balaban J connectivity index is 1.63. The number of benzene rings is 3. The molecule has 27 heavy (non-hydrogen) atoms. The van der Waals surface area contributed by atoms with Gasteiger partial charge in [-0.25, -0.2) is 0 Å². The smallest absolute Gasteiger partial charge is 0.300 e. The van der Waals surface area contributed by atoms with Crippen molar-refractivity contribution in [3.63, 3.8) is 0 Å². The van der Waals surface area contributed by atoms with Crippen molar-refractivity contribution in [1.82, 2.24) is 4.98 Å². The molecule has 1 aromatic heterocycles. The Morgan fingerprint density at radius 1 is 0.926 bits per heavy atom. The predicted molar refractivity (Wildman–Crippen MR) is 101 cm³/mol. The molecule has 0 amide bonds. The first kappa shape index (κ1) is 16.4. The summed E-state index contributed by atoms with van der Waals surface area (Å²) in [6.07, 6.45) is 0. The summed E-state index contributed by atoms with van der Waals surface area (Å²) in [6.45, 7) is 0. The van der Waals surface area contributed by atoms with Crippen LogP contribution >= 0.6 is 0 Å². The summed E-state index contributed by atoms with van der Waals surface area (Å²) in [6, 6.07) is 21.1. The Bertz CT molecular complexity index is 1110. The predicted octanol–water partition coefficient (Wildman–Crippen LogP) is 5.90. The second kappa shape index (κ2) is 7.04. The van der Waals surface area contributed by atoms with E-state index < -0.39 is 4.92 Å².